The van der Waals surface area contributed by atoms with E-state index in [0.29, 0.717) is 0 Å². The van der Waals surface area contributed by atoms with Crippen molar-refractivity contribution in [1.82, 2.24) is 9.97 Å². The highest BCUT2D eigenvalue weighted by molar-refractivity contribution is 7.09. The number of pyridine rings is 1. The van der Waals surface area contributed by atoms with Gasteiger partial charge in [-0.05, 0) is 19.1 Å². The molecule has 2 N–H and O–H groups in total. The number of amides is 1. The van der Waals surface area contributed by atoms with E-state index in [9.17, 15) is 9.59 Å². The van der Waals surface area contributed by atoms with E-state index in [1.165, 1.54) is 23.6 Å². The van der Waals surface area contributed by atoms with Gasteiger partial charge in [-0.15, -0.1) is 11.3 Å². The van der Waals surface area contributed by atoms with Gasteiger partial charge in [0.2, 0.25) is 0 Å². The number of rotatable bonds is 3. The molecule has 92 valence electrons. The van der Waals surface area contributed by atoms with Crippen molar-refractivity contribution in [3.8, 4) is 0 Å². The zero-order chi connectivity index (χ0) is 13.1. The molecule has 2 rings (SSSR count). The number of thiazole rings is 1. The molecule has 0 bridgehead atoms. The van der Waals surface area contributed by atoms with E-state index >= 15 is 0 Å². The summed E-state index contributed by atoms with van der Waals surface area (Å²) in [4.78, 5) is 30.4. The van der Waals surface area contributed by atoms with Gasteiger partial charge in [-0.3, -0.25) is 4.79 Å². The second-order valence-electron chi connectivity index (χ2n) is 3.41. The molecule has 0 aliphatic rings. The Morgan fingerprint density at radius 3 is 2.83 bits per heavy atom. The van der Waals surface area contributed by atoms with E-state index in [1.54, 1.807) is 18.4 Å². The molecule has 0 aliphatic carbocycles. The number of aromatic carboxylic acids is 1. The first-order valence-corrected chi connectivity index (χ1v) is 5.87. The number of hydrogen-bond acceptors (Lipinski definition) is 5. The van der Waals surface area contributed by atoms with Crippen molar-refractivity contribution in [2.24, 2.45) is 0 Å². The van der Waals surface area contributed by atoms with Crippen LogP contribution in [0.25, 0.3) is 0 Å². The van der Waals surface area contributed by atoms with E-state index in [-0.39, 0.29) is 17.1 Å². The molecule has 6 nitrogen and oxygen atoms in total. The maximum atomic E-state index is 11.8. The van der Waals surface area contributed by atoms with Crippen LogP contribution < -0.4 is 5.32 Å². The highest BCUT2D eigenvalue weighted by atomic mass is 32.1. The lowest BCUT2D eigenvalue weighted by molar-refractivity contribution is 0.0692. The maximum Gasteiger partial charge on any atom is 0.356 e. The average molecular weight is 263 g/mol. The van der Waals surface area contributed by atoms with Crippen LogP contribution in [0.4, 0.5) is 5.69 Å². The lowest BCUT2D eigenvalue weighted by Crippen LogP contribution is -2.16. The fraction of sp³-hybridized carbons (Fsp3) is 0.0909. The van der Waals surface area contributed by atoms with Gasteiger partial charge in [-0.2, -0.15) is 0 Å². The smallest absolute Gasteiger partial charge is 0.356 e. The van der Waals surface area contributed by atoms with E-state index in [1.807, 2.05) is 0 Å². The molecular formula is C11H9N3O3S. The predicted molar refractivity (Wildman–Crippen MR) is 66.0 cm³/mol. The quantitative estimate of drug-likeness (QED) is 0.880. The zero-order valence-electron chi connectivity index (χ0n) is 9.38. The molecule has 0 unspecified atom stereocenters. The Balaban J connectivity index is 2.24. The zero-order valence-corrected chi connectivity index (χ0v) is 10.2. The Morgan fingerprint density at radius 2 is 2.22 bits per heavy atom. The van der Waals surface area contributed by atoms with Crippen molar-refractivity contribution >= 4 is 28.9 Å². The summed E-state index contributed by atoms with van der Waals surface area (Å²) in [6.45, 7) is 1.79. The fourth-order valence-corrected chi connectivity index (χ4v) is 1.92. The van der Waals surface area contributed by atoms with Crippen molar-refractivity contribution in [2.75, 3.05) is 5.32 Å². The number of nitrogens with one attached hydrogen (secondary N) is 1. The fourth-order valence-electron chi connectivity index (χ4n) is 1.33. The summed E-state index contributed by atoms with van der Waals surface area (Å²) in [6.07, 6.45) is 1.35. The molecule has 0 radical (unpaired) electrons. The first kappa shape index (κ1) is 12.2. The largest absolute Gasteiger partial charge is 0.476 e. The van der Waals surface area contributed by atoms with Crippen LogP contribution >= 0.6 is 11.3 Å². The predicted octanol–water partition coefficient (Wildman–Crippen LogP) is 1.80. The maximum absolute atomic E-state index is 11.8. The second kappa shape index (κ2) is 4.92. The Kier molecular flexibility index (Phi) is 3.33. The van der Waals surface area contributed by atoms with Crippen LogP contribution in [0.3, 0.4) is 0 Å². The summed E-state index contributed by atoms with van der Waals surface area (Å²) in [5, 5.41) is 13.8. The molecule has 18 heavy (non-hydrogen) atoms. The summed E-state index contributed by atoms with van der Waals surface area (Å²) in [5.74, 6) is -1.64. The first-order chi connectivity index (χ1) is 8.58. The number of hydrogen-bond donors (Lipinski definition) is 2. The minimum atomic E-state index is -1.19. The molecule has 2 aromatic heterocycles. The third kappa shape index (κ3) is 2.51. The van der Waals surface area contributed by atoms with E-state index in [2.05, 4.69) is 15.3 Å². The van der Waals surface area contributed by atoms with Crippen LogP contribution in [0.5, 0.6) is 0 Å². The van der Waals surface area contributed by atoms with Crippen LogP contribution in [0.1, 0.15) is 26.0 Å². The van der Waals surface area contributed by atoms with Crippen LogP contribution in [0.15, 0.2) is 23.7 Å². The first-order valence-electron chi connectivity index (χ1n) is 4.99. The van der Waals surface area contributed by atoms with Gasteiger partial charge >= 0.3 is 5.97 Å². The topological polar surface area (TPSA) is 92.2 Å². The van der Waals surface area contributed by atoms with Gasteiger partial charge in [0.1, 0.15) is 5.69 Å². The number of nitrogens with zero attached hydrogens (tertiary/aromatic N) is 2. The van der Waals surface area contributed by atoms with E-state index in [0.717, 1.165) is 5.01 Å². The van der Waals surface area contributed by atoms with Gasteiger partial charge < -0.3 is 10.4 Å². The SMILES string of the molecule is Cc1nc(C(=O)Nc2cccnc2C(=O)O)cs1. The number of carboxylic acid groups (broad SMARTS) is 1. The number of anilines is 1. The summed E-state index contributed by atoms with van der Waals surface area (Å²) in [6, 6.07) is 3.03. The van der Waals surface area contributed by atoms with Gasteiger partial charge in [-0.25, -0.2) is 14.8 Å². The molecular weight excluding hydrogens is 254 g/mol. The van der Waals surface area contributed by atoms with Crippen molar-refractivity contribution in [1.29, 1.82) is 0 Å². The molecule has 2 heterocycles. The molecule has 0 fully saturated rings. The Labute approximate surface area is 106 Å². The molecule has 0 saturated carbocycles. The Morgan fingerprint density at radius 1 is 1.44 bits per heavy atom. The third-order valence-corrected chi connectivity index (χ3v) is 2.88. The van der Waals surface area contributed by atoms with Crippen LogP contribution in [-0.4, -0.2) is 27.0 Å². The van der Waals surface area contributed by atoms with Crippen LogP contribution in [-0.2, 0) is 0 Å². The van der Waals surface area contributed by atoms with Gasteiger partial charge in [0.25, 0.3) is 5.91 Å². The monoisotopic (exact) mass is 263 g/mol. The highest BCUT2D eigenvalue weighted by Gasteiger charge is 2.15. The highest BCUT2D eigenvalue weighted by Crippen LogP contribution is 2.15. The van der Waals surface area contributed by atoms with E-state index in [4.69, 9.17) is 5.11 Å². The minimum absolute atomic E-state index is 0.153. The van der Waals surface area contributed by atoms with Gasteiger partial charge in [0, 0.05) is 11.6 Å². The number of carboxylic acids is 1. The van der Waals surface area contributed by atoms with Crippen LogP contribution in [0.2, 0.25) is 0 Å². The summed E-state index contributed by atoms with van der Waals surface area (Å²) in [5.41, 5.74) is 0.219. The molecule has 0 aliphatic heterocycles. The summed E-state index contributed by atoms with van der Waals surface area (Å²) >= 11 is 1.35. The second-order valence-corrected chi connectivity index (χ2v) is 4.47. The van der Waals surface area contributed by atoms with Crippen LogP contribution in [0, 0.1) is 6.92 Å². The van der Waals surface area contributed by atoms with Crippen molar-refractivity contribution < 1.29 is 14.7 Å². The van der Waals surface area contributed by atoms with Gasteiger partial charge in [0.15, 0.2) is 5.69 Å². The molecule has 0 atom stereocenters. The Hall–Kier alpha value is -2.28. The summed E-state index contributed by atoms with van der Waals surface area (Å²) in [7, 11) is 0. The molecule has 7 heteroatoms. The van der Waals surface area contributed by atoms with Crippen molar-refractivity contribution in [3.05, 3.63) is 40.1 Å². The molecule has 2 aromatic rings. The number of carbonyl (C=O) groups is 2. The Bertz CT molecular complexity index is 609. The van der Waals surface area contributed by atoms with Gasteiger partial charge in [0.05, 0.1) is 10.7 Å². The van der Waals surface area contributed by atoms with Gasteiger partial charge in [-0.1, -0.05) is 0 Å². The molecule has 1 amide bonds. The number of aryl methyl sites for hydroxylation is 1. The standard InChI is InChI=1S/C11H9N3O3S/c1-6-13-8(5-18-6)10(15)14-7-3-2-4-12-9(7)11(16)17/h2-5H,1H3,(H,14,15)(H,16,17). The molecule has 0 saturated heterocycles. The molecule has 0 aromatic carbocycles. The number of carbonyl (C=O) groups excluding carboxylic acids is 1. The normalized spacial score (nSPS) is 10.1. The minimum Gasteiger partial charge on any atom is -0.476 e. The lowest BCUT2D eigenvalue weighted by Gasteiger charge is -2.05. The van der Waals surface area contributed by atoms with Crippen molar-refractivity contribution in [3.63, 3.8) is 0 Å². The van der Waals surface area contributed by atoms with Crippen molar-refractivity contribution in [2.45, 2.75) is 6.92 Å². The van der Waals surface area contributed by atoms with E-state index < -0.39 is 11.9 Å². The molecule has 0 spiro atoms. The average Bonchev–Trinajstić information content (AvgIpc) is 2.76. The third-order valence-electron chi connectivity index (χ3n) is 2.11. The number of aromatic nitrogens is 2. The lowest BCUT2D eigenvalue weighted by atomic mass is 10.3. The summed E-state index contributed by atoms with van der Waals surface area (Å²) < 4.78 is 0.